The van der Waals surface area contributed by atoms with Crippen LogP contribution in [0.1, 0.15) is 12.8 Å². The monoisotopic (exact) mass is 194 g/mol. The molecule has 1 aliphatic carbocycles. The highest BCUT2D eigenvalue weighted by molar-refractivity contribution is 6.14. The summed E-state index contributed by atoms with van der Waals surface area (Å²) in [6, 6.07) is 0.253. The van der Waals surface area contributed by atoms with E-state index < -0.39 is 11.8 Å². The molecule has 1 fully saturated rings. The van der Waals surface area contributed by atoms with E-state index in [2.05, 4.69) is 5.32 Å². The first-order valence-corrected chi connectivity index (χ1v) is 4.50. The standard InChI is InChI=1S/C9H10N2O3/c12-7(10-6-1-2-6)5-11-8(13)3-4-9(11)14/h3-4,6H,1-2,5H2,(H,10,12). The number of carbonyl (C=O) groups excluding carboxylic acids is 3. The topological polar surface area (TPSA) is 66.5 Å². The Bertz CT molecular complexity index is 313. The third-order valence-electron chi connectivity index (χ3n) is 2.14. The minimum absolute atomic E-state index is 0.166. The summed E-state index contributed by atoms with van der Waals surface area (Å²) in [5, 5.41) is 2.71. The van der Waals surface area contributed by atoms with Gasteiger partial charge in [-0.1, -0.05) is 0 Å². The second-order valence-electron chi connectivity index (χ2n) is 3.44. The lowest BCUT2D eigenvalue weighted by Gasteiger charge is -2.12. The third kappa shape index (κ3) is 1.81. The highest BCUT2D eigenvalue weighted by Crippen LogP contribution is 2.18. The van der Waals surface area contributed by atoms with Crippen LogP contribution < -0.4 is 5.32 Å². The van der Waals surface area contributed by atoms with Gasteiger partial charge in [0, 0.05) is 18.2 Å². The average molecular weight is 194 g/mol. The lowest BCUT2D eigenvalue weighted by molar-refractivity contribution is -0.141. The van der Waals surface area contributed by atoms with Crippen LogP contribution in [0.25, 0.3) is 0 Å². The van der Waals surface area contributed by atoms with E-state index in [1.54, 1.807) is 0 Å². The maximum Gasteiger partial charge on any atom is 0.254 e. The van der Waals surface area contributed by atoms with E-state index in [0.29, 0.717) is 0 Å². The zero-order valence-corrected chi connectivity index (χ0v) is 7.53. The molecule has 0 aromatic rings. The molecular formula is C9H10N2O3. The number of rotatable bonds is 3. The predicted molar refractivity (Wildman–Crippen MR) is 47.0 cm³/mol. The summed E-state index contributed by atoms with van der Waals surface area (Å²) in [5.74, 6) is -1.10. The maximum atomic E-state index is 11.3. The van der Waals surface area contributed by atoms with Crippen molar-refractivity contribution in [3.63, 3.8) is 0 Å². The van der Waals surface area contributed by atoms with E-state index in [1.807, 2.05) is 0 Å². The normalized spacial score (nSPS) is 20.4. The van der Waals surface area contributed by atoms with Crippen LogP contribution >= 0.6 is 0 Å². The second-order valence-corrected chi connectivity index (χ2v) is 3.44. The van der Waals surface area contributed by atoms with Crippen LogP contribution in [0.15, 0.2) is 12.2 Å². The molecule has 0 saturated heterocycles. The van der Waals surface area contributed by atoms with Gasteiger partial charge in [0.15, 0.2) is 0 Å². The molecule has 1 saturated carbocycles. The van der Waals surface area contributed by atoms with Gasteiger partial charge in [-0.05, 0) is 12.8 Å². The van der Waals surface area contributed by atoms with Crippen molar-refractivity contribution in [2.75, 3.05) is 6.54 Å². The van der Waals surface area contributed by atoms with Crippen LogP contribution in [0, 0.1) is 0 Å². The van der Waals surface area contributed by atoms with E-state index in [-0.39, 0.29) is 18.5 Å². The van der Waals surface area contributed by atoms with Crippen molar-refractivity contribution in [3.8, 4) is 0 Å². The number of nitrogens with one attached hydrogen (secondary N) is 1. The van der Waals surface area contributed by atoms with Gasteiger partial charge in [0.2, 0.25) is 5.91 Å². The second kappa shape index (κ2) is 3.25. The Kier molecular flexibility index (Phi) is 2.07. The smallest absolute Gasteiger partial charge is 0.254 e. The molecule has 5 nitrogen and oxygen atoms in total. The molecule has 14 heavy (non-hydrogen) atoms. The first-order valence-electron chi connectivity index (χ1n) is 4.50. The van der Waals surface area contributed by atoms with Crippen molar-refractivity contribution < 1.29 is 14.4 Å². The fourth-order valence-electron chi connectivity index (χ4n) is 1.23. The van der Waals surface area contributed by atoms with Crippen molar-refractivity contribution >= 4 is 17.7 Å². The Balaban J connectivity index is 1.86. The highest BCUT2D eigenvalue weighted by Gasteiger charge is 2.28. The Morgan fingerprint density at radius 3 is 2.43 bits per heavy atom. The van der Waals surface area contributed by atoms with Crippen LogP contribution in [0.4, 0.5) is 0 Å². The molecule has 74 valence electrons. The molecule has 1 heterocycles. The third-order valence-corrected chi connectivity index (χ3v) is 2.14. The Labute approximate surface area is 80.8 Å². The van der Waals surface area contributed by atoms with Crippen LogP contribution in [-0.2, 0) is 14.4 Å². The quantitative estimate of drug-likeness (QED) is 0.597. The van der Waals surface area contributed by atoms with Gasteiger partial charge >= 0.3 is 0 Å². The zero-order valence-electron chi connectivity index (χ0n) is 7.53. The van der Waals surface area contributed by atoms with Gasteiger partial charge in [0.1, 0.15) is 6.54 Å². The SMILES string of the molecule is O=C(CN1C(=O)C=CC1=O)NC1CC1. The van der Waals surface area contributed by atoms with Crippen LogP contribution in [0.5, 0.6) is 0 Å². The van der Waals surface area contributed by atoms with Gasteiger partial charge in [-0.25, -0.2) is 0 Å². The lowest BCUT2D eigenvalue weighted by atomic mass is 10.4. The van der Waals surface area contributed by atoms with E-state index in [4.69, 9.17) is 0 Å². The van der Waals surface area contributed by atoms with Crippen LogP contribution in [-0.4, -0.2) is 35.2 Å². The predicted octanol–water partition coefficient (Wildman–Crippen LogP) is -0.810. The molecular weight excluding hydrogens is 184 g/mol. The lowest BCUT2D eigenvalue weighted by Crippen LogP contribution is -2.41. The summed E-state index contributed by atoms with van der Waals surface area (Å²) in [7, 11) is 0. The number of imide groups is 1. The Hall–Kier alpha value is -1.65. The zero-order chi connectivity index (χ0) is 10.1. The molecule has 0 radical (unpaired) electrons. The number of hydrogen-bond acceptors (Lipinski definition) is 3. The minimum atomic E-state index is -0.416. The van der Waals surface area contributed by atoms with Crippen molar-refractivity contribution in [1.82, 2.24) is 10.2 Å². The molecule has 0 atom stereocenters. The Morgan fingerprint density at radius 2 is 1.93 bits per heavy atom. The first-order chi connectivity index (χ1) is 6.66. The fraction of sp³-hybridized carbons (Fsp3) is 0.444. The average Bonchev–Trinajstić information content (AvgIpc) is 2.88. The van der Waals surface area contributed by atoms with Crippen molar-refractivity contribution in [2.45, 2.75) is 18.9 Å². The summed E-state index contributed by atoms with van der Waals surface area (Å²) in [6.07, 6.45) is 4.33. The number of nitrogens with zero attached hydrogens (tertiary/aromatic N) is 1. The van der Waals surface area contributed by atoms with Gasteiger partial charge in [-0.3, -0.25) is 19.3 Å². The van der Waals surface area contributed by atoms with E-state index in [1.165, 1.54) is 12.2 Å². The molecule has 2 rings (SSSR count). The number of carbonyl (C=O) groups is 3. The maximum absolute atomic E-state index is 11.3. The summed E-state index contributed by atoms with van der Waals surface area (Å²) >= 11 is 0. The minimum Gasteiger partial charge on any atom is -0.352 e. The fourth-order valence-corrected chi connectivity index (χ4v) is 1.23. The van der Waals surface area contributed by atoms with E-state index in [0.717, 1.165) is 17.7 Å². The van der Waals surface area contributed by atoms with Crippen LogP contribution in [0.2, 0.25) is 0 Å². The molecule has 1 aliphatic heterocycles. The summed E-state index contributed by atoms with van der Waals surface area (Å²) in [5.41, 5.74) is 0. The number of hydrogen-bond donors (Lipinski definition) is 1. The van der Waals surface area contributed by atoms with Gasteiger partial charge in [-0.15, -0.1) is 0 Å². The Morgan fingerprint density at radius 1 is 1.36 bits per heavy atom. The number of amides is 3. The summed E-state index contributed by atoms with van der Waals surface area (Å²) in [4.78, 5) is 34.3. The molecule has 0 spiro atoms. The summed E-state index contributed by atoms with van der Waals surface area (Å²) in [6.45, 7) is -0.166. The highest BCUT2D eigenvalue weighted by atomic mass is 16.2. The summed E-state index contributed by atoms with van der Waals surface area (Å²) < 4.78 is 0. The molecule has 0 unspecified atom stereocenters. The van der Waals surface area contributed by atoms with Crippen molar-refractivity contribution in [1.29, 1.82) is 0 Å². The van der Waals surface area contributed by atoms with E-state index in [9.17, 15) is 14.4 Å². The van der Waals surface area contributed by atoms with Gasteiger partial charge < -0.3 is 5.32 Å². The largest absolute Gasteiger partial charge is 0.352 e. The van der Waals surface area contributed by atoms with Crippen LogP contribution in [0.3, 0.4) is 0 Å². The molecule has 0 aromatic carbocycles. The molecule has 1 N–H and O–H groups in total. The van der Waals surface area contributed by atoms with Gasteiger partial charge in [0.05, 0.1) is 0 Å². The van der Waals surface area contributed by atoms with Gasteiger partial charge in [0.25, 0.3) is 11.8 Å². The molecule has 0 bridgehead atoms. The molecule has 5 heteroatoms. The molecule has 0 aromatic heterocycles. The van der Waals surface area contributed by atoms with Gasteiger partial charge in [-0.2, -0.15) is 0 Å². The first kappa shape index (κ1) is 8.93. The molecule has 3 amide bonds. The van der Waals surface area contributed by atoms with Crippen molar-refractivity contribution in [3.05, 3.63) is 12.2 Å². The van der Waals surface area contributed by atoms with E-state index >= 15 is 0 Å². The molecule has 2 aliphatic rings. The van der Waals surface area contributed by atoms with Crippen molar-refractivity contribution in [2.24, 2.45) is 0 Å².